The van der Waals surface area contributed by atoms with Crippen LogP contribution in [-0.4, -0.2) is 33.5 Å². The Hall–Kier alpha value is -2.65. The fraction of sp³-hybridized carbons (Fsp3) is 0.200. The molecule has 0 aliphatic carbocycles. The molecule has 6 nitrogen and oxygen atoms in total. The molecule has 148 valence electrons. The second kappa shape index (κ2) is 8.38. The number of hydrogen-bond donors (Lipinski definition) is 1. The second-order valence-electron chi connectivity index (χ2n) is 6.57. The maximum atomic E-state index is 13.3. The molecule has 2 heterocycles. The first-order valence-corrected chi connectivity index (χ1v) is 10.6. The van der Waals surface area contributed by atoms with E-state index in [0.717, 1.165) is 28.7 Å². The highest BCUT2D eigenvalue weighted by Gasteiger charge is 2.33. The van der Waals surface area contributed by atoms with Crippen LogP contribution in [0.5, 0.6) is 0 Å². The fourth-order valence-electron chi connectivity index (χ4n) is 3.24. The molecule has 1 aliphatic heterocycles. The number of amides is 2. The number of rotatable bonds is 4. The minimum Gasteiger partial charge on any atom is -0.329 e. The van der Waals surface area contributed by atoms with E-state index in [-0.39, 0.29) is 17.0 Å². The molecular weight excluding hydrogens is 459 g/mol. The Morgan fingerprint density at radius 2 is 1.97 bits per heavy atom. The highest BCUT2D eigenvalue weighted by molar-refractivity contribution is 9.10. The Morgan fingerprint density at radius 3 is 2.72 bits per heavy atom. The van der Waals surface area contributed by atoms with Crippen LogP contribution in [0.2, 0.25) is 0 Å². The maximum Gasteiger partial charge on any atom is 0.286 e. The first-order chi connectivity index (χ1) is 14.0. The summed E-state index contributed by atoms with van der Waals surface area (Å²) in [6.07, 6.45) is 1.62. The number of anilines is 1. The molecule has 0 spiro atoms. The van der Waals surface area contributed by atoms with Crippen LogP contribution in [0.25, 0.3) is 0 Å². The van der Waals surface area contributed by atoms with E-state index in [2.05, 4.69) is 31.4 Å². The summed E-state index contributed by atoms with van der Waals surface area (Å²) in [6.45, 7) is 0.629. The van der Waals surface area contributed by atoms with Crippen LogP contribution in [0.1, 0.15) is 44.1 Å². The van der Waals surface area contributed by atoms with Gasteiger partial charge in [-0.2, -0.15) is 0 Å². The average Bonchev–Trinajstić information content (AvgIpc) is 3.37. The lowest BCUT2D eigenvalue weighted by Gasteiger charge is -2.22. The summed E-state index contributed by atoms with van der Waals surface area (Å²) in [5.74, 6) is -0.960. The van der Waals surface area contributed by atoms with E-state index in [1.54, 1.807) is 23.1 Å². The Morgan fingerprint density at radius 1 is 1.17 bits per heavy atom. The van der Waals surface area contributed by atoms with Gasteiger partial charge in [0, 0.05) is 22.3 Å². The molecule has 2 amide bonds. The van der Waals surface area contributed by atoms with Crippen LogP contribution in [0.15, 0.2) is 53.0 Å². The van der Waals surface area contributed by atoms with Gasteiger partial charge in [0.15, 0.2) is 0 Å². The third-order valence-corrected chi connectivity index (χ3v) is 6.16. The zero-order valence-electron chi connectivity index (χ0n) is 15.1. The lowest BCUT2D eigenvalue weighted by atomic mass is 10.2. The molecule has 1 aliphatic rings. The van der Waals surface area contributed by atoms with Crippen molar-refractivity contribution in [2.75, 3.05) is 11.9 Å². The Bertz CT molecular complexity index is 1060. The van der Waals surface area contributed by atoms with Gasteiger partial charge in [-0.3, -0.25) is 9.59 Å². The molecule has 1 aromatic heterocycles. The lowest BCUT2D eigenvalue weighted by molar-refractivity contribution is 0.0735. The van der Waals surface area contributed by atoms with Crippen LogP contribution in [0.3, 0.4) is 0 Å². The van der Waals surface area contributed by atoms with Gasteiger partial charge in [0.25, 0.3) is 11.8 Å². The van der Waals surface area contributed by atoms with Gasteiger partial charge < -0.3 is 10.2 Å². The van der Waals surface area contributed by atoms with E-state index >= 15 is 0 Å². The van der Waals surface area contributed by atoms with Gasteiger partial charge in [-0.1, -0.05) is 33.3 Å². The molecule has 4 rings (SSSR count). The average molecular weight is 475 g/mol. The van der Waals surface area contributed by atoms with Crippen molar-refractivity contribution < 1.29 is 14.0 Å². The SMILES string of the molecule is O=C(Nc1cccc(F)c1)c1nnc([C@H]2CCCN2C(=O)c2ccc(Br)cc2)s1. The van der Waals surface area contributed by atoms with E-state index in [1.807, 2.05) is 12.1 Å². The molecule has 1 atom stereocenters. The summed E-state index contributed by atoms with van der Waals surface area (Å²) >= 11 is 4.52. The van der Waals surface area contributed by atoms with Crippen molar-refractivity contribution >= 4 is 44.8 Å². The molecule has 0 bridgehead atoms. The standard InChI is InChI=1S/C20H16BrFN4O2S/c21-13-8-6-12(7-9-13)20(28)26-10-2-5-16(26)18-24-25-19(29-18)17(27)23-15-4-1-3-14(22)11-15/h1,3-4,6-9,11,16H,2,5,10H2,(H,23,27)/t16-/m1/s1. The number of carbonyl (C=O) groups excluding carboxylic acids is 2. The number of carbonyl (C=O) groups is 2. The van der Waals surface area contributed by atoms with Crippen LogP contribution < -0.4 is 5.32 Å². The molecule has 2 aromatic carbocycles. The Balaban J connectivity index is 1.49. The highest BCUT2D eigenvalue weighted by Crippen LogP contribution is 2.35. The first-order valence-electron chi connectivity index (χ1n) is 8.98. The summed E-state index contributed by atoms with van der Waals surface area (Å²) in [5, 5.41) is 11.5. The normalized spacial score (nSPS) is 16.1. The van der Waals surface area contributed by atoms with Crippen molar-refractivity contribution in [2.24, 2.45) is 0 Å². The van der Waals surface area contributed by atoms with Crippen molar-refractivity contribution in [1.29, 1.82) is 0 Å². The fourth-order valence-corrected chi connectivity index (χ4v) is 4.39. The van der Waals surface area contributed by atoms with Crippen molar-refractivity contribution in [2.45, 2.75) is 18.9 Å². The summed E-state index contributed by atoms with van der Waals surface area (Å²) in [6, 6.07) is 12.7. The molecule has 3 aromatic rings. The van der Waals surface area contributed by atoms with Gasteiger partial charge in [0.1, 0.15) is 10.8 Å². The number of aromatic nitrogens is 2. The Kier molecular flexibility index (Phi) is 5.68. The molecule has 1 N–H and O–H groups in total. The van der Waals surface area contributed by atoms with Gasteiger partial charge in [-0.25, -0.2) is 4.39 Å². The summed E-state index contributed by atoms with van der Waals surface area (Å²) in [5.41, 5.74) is 0.952. The maximum absolute atomic E-state index is 13.3. The van der Waals surface area contributed by atoms with E-state index < -0.39 is 11.7 Å². The molecule has 9 heteroatoms. The number of hydrogen-bond acceptors (Lipinski definition) is 5. The first kappa shape index (κ1) is 19.7. The molecule has 0 radical (unpaired) electrons. The summed E-state index contributed by atoms with van der Waals surface area (Å²) in [4.78, 5) is 27.1. The zero-order valence-corrected chi connectivity index (χ0v) is 17.5. The number of halogens is 2. The van der Waals surface area contributed by atoms with E-state index in [0.29, 0.717) is 22.8 Å². The number of nitrogens with one attached hydrogen (secondary N) is 1. The predicted molar refractivity (Wildman–Crippen MR) is 111 cm³/mol. The van der Waals surface area contributed by atoms with Gasteiger partial charge in [0.2, 0.25) is 5.01 Å². The van der Waals surface area contributed by atoms with E-state index in [9.17, 15) is 14.0 Å². The van der Waals surface area contributed by atoms with Crippen LogP contribution >= 0.6 is 27.3 Å². The smallest absolute Gasteiger partial charge is 0.286 e. The quantitative estimate of drug-likeness (QED) is 0.595. The molecule has 0 unspecified atom stereocenters. The topological polar surface area (TPSA) is 75.2 Å². The zero-order chi connectivity index (χ0) is 20.4. The second-order valence-corrected chi connectivity index (χ2v) is 8.50. The van der Waals surface area contributed by atoms with Gasteiger partial charge >= 0.3 is 0 Å². The van der Waals surface area contributed by atoms with Crippen molar-refractivity contribution in [3.8, 4) is 0 Å². The van der Waals surface area contributed by atoms with Crippen molar-refractivity contribution in [1.82, 2.24) is 15.1 Å². The molecule has 1 saturated heterocycles. The minimum atomic E-state index is -0.455. The predicted octanol–water partition coefficient (Wildman–Crippen LogP) is 4.67. The molecule has 1 fully saturated rings. The monoisotopic (exact) mass is 474 g/mol. The Labute approximate surface area is 178 Å². The van der Waals surface area contributed by atoms with Gasteiger partial charge in [-0.15, -0.1) is 10.2 Å². The number of likely N-dealkylation sites (tertiary alicyclic amines) is 1. The molecule has 29 heavy (non-hydrogen) atoms. The minimum absolute atomic E-state index is 0.0686. The van der Waals surface area contributed by atoms with Crippen molar-refractivity contribution in [3.63, 3.8) is 0 Å². The number of nitrogens with zero attached hydrogens (tertiary/aromatic N) is 3. The van der Waals surface area contributed by atoms with Crippen LogP contribution in [0.4, 0.5) is 10.1 Å². The molecular formula is C20H16BrFN4O2S. The van der Waals surface area contributed by atoms with E-state index in [4.69, 9.17) is 0 Å². The van der Waals surface area contributed by atoms with Crippen LogP contribution in [0, 0.1) is 5.82 Å². The van der Waals surface area contributed by atoms with Crippen LogP contribution in [-0.2, 0) is 0 Å². The largest absolute Gasteiger partial charge is 0.329 e. The highest BCUT2D eigenvalue weighted by atomic mass is 79.9. The summed E-state index contributed by atoms with van der Waals surface area (Å²) in [7, 11) is 0. The van der Waals surface area contributed by atoms with E-state index in [1.165, 1.54) is 18.2 Å². The molecule has 0 saturated carbocycles. The van der Waals surface area contributed by atoms with Gasteiger partial charge in [0.05, 0.1) is 6.04 Å². The van der Waals surface area contributed by atoms with Gasteiger partial charge in [-0.05, 0) is 55.3 Å². The number of benzene rings is 2. The van der Waals surface area contributed by atoms with Crippen molar-refractivity contribution in [3.05, 3.63) is 74.4 Å². The third kappa shape index (κ3) is 4.35. The summed E-state index contributed by atoms with van der Waals surface area (Å²) < 4.78 is 14.2. The lowest BCUT2D eigenvalue weighted by Crippen LogP contribution is -2.30. The third-order valence-electron chi connectivity index (χ3n) is 4.61.